The zero-order valence-electron chi connectivity index (χ0n) is 6.39. The number of thiazole rings is 1. The number of rotatable bonds is 4. The molecule has 0 saturated carbocycles. The number of nitrogens with zero attached hydrogens (tertiary/aromatic N) is 1. The number of hydrogen-bond donors (Lipinski definition) is 3. The van der Waals surface area contributed by atoms with E-state index in [0.29, 0.717) is 16.4 Å². The second kappa shape index (κ2) is 4.30. The zero-order chi connectivity index (χ0) is 9.84. The van der Waals surface area contributed by atoms with Gasteiger partial charge < -0.3 is 15.6 Å². The lowest BCUT2D eigenvalue weighted by Gasteiger charge is -1.90. The van der Waals surface area contributed by atoms with Crippen LogP contribution >= 0.6 is 11.3 Å². The van der Waals surface area contributed by atoms with Crippen molar-refractivity contribution in [1.82, 2.24) is 4.98 Å². The van der Waals surface area contributed by atoms with Crippen LogP contribution in [0.3, 0.4) is 0 Å². The predicted octanol–water partition coefficient (Wildman–Crippen LogP) is 0.0153. The molecule has 0 aromatic carbocycles. The number of hydrogen-bond acceptors (Lipinski definition) is 5. The minimum atomic E-state index is -1.94. The van der Waals surface area contributed by atoms with Crippen molar-refractivity contribution in [2.45, 2.75) is 5.75 Å². The molecule has 1 aromatic heterocycles. The number of anilines is 2. The fourth-order valence-electron chi connectivity index (χ4n) is 0.704. The first-order valence-corrected chi connectivity index (χ1v) is 5.25. The molecule has 72 valence electrons. The van der Waals surface area contributed by atoms with Crippen molar-refractivity contribution < 1.29 is 13.6 Å². The number of nitrogen functional groups attached to an aromatic ring is 1. The van der Waals surface area contributed by atoms with Crippen LogP contribution in [-0.2, 0) is 21.6 Å². The number of carbonyl (C=O) groups is 1. The molecule has 6 nitrogen and oxygen atoms in total. The van der Waals surface area contributed by atoms with Gasteiger partial charge in [0.15, 0.2) is 16.9 Å². The van der Waals surface area contributed by atoms with Crippen LogP contribution in [0.25, 0.3) is 0 Å². The molecule has 1 amide bonds. The lowest BCUT2D eigenvalue weighted by atomic mass is 10.7. The van der Waals surface area contributed by atoms with E-state index in [1.807, 2.05) is 0 Å². The molecule has 0 aliphatic rings. The Labute approximate surface area is 80.5 Å². The number of nitrogens with two attached hydrogens (primary N) is 1. The number of amides is 1. The van der Waals surface area contributed by atoms with E-state index in [1.54, 1.807) is 0 Å². The number of carbonyl (C=O) groups excluding carboxylic acids is 1. The van der Waals surface area contributed by atoms with Gasteiger partial charge in [-0.25, -0.2) is 9.19 Å². The summed E-state index contributed by atoms with van der Waals surface area (Å²) in [5, 5.41) is 3.03. The molecule has 0 bridgehead atoms. The maximum atomic E-state index is 10.4. The summed E-state index contributed by atoms with van der Waals surface area (Å²) in [5.41, 5.74) is 5.46. The van der Waals surface area contributed by atoms with Gasteiger partial charge >= 0.3 is 0 Å². The second-order valence-electron chi connectivity index (χ2n) is 2.05. The summed E-state index contributed by atoms with van der Waals surface area (Å²) >= 11 is -0.864. The van der Waals surface area contributed by atoms with Crippen molar-refractivity contribution in [2.24, 2.45) is 0 Å². The molecular formula is C5H7N3O3S2. The Balaban J connectivity index is 2.81. The predicted molar refractivity (Wildman–Crippen MR) is 50.7 cm³/mol. The maximum Gasteiger partial charge on any atom is 0.212 e. The van der Waals surface area contributed by atoms with Gasteiger partial charge in [0.25, 0.3) is 0 Å². The Morgan fingerprint density at radius 3 is 3.00 bits per heavy atom. The molecule has 0 aliphatic heterocycles. The molecule has 4 N–H and O–H groups in total. The minimum Gasteiger partial charge on any atom is -0.387 e. The highest BCUT2D eigenvalue weighted by atomic mass is 32.2. The minimum absolute atomic E-state index is 0.0740. The second-order valence-corrected chi connectivity index (χ2v) is 4.10. The highest BCUT2D eigenvalue weighted by molar-refractivity contribution is 7.78. The van der Waals surface area contributed by atoms with E-state index in [4.69, 9.17) is 10.3 Å². The molecule has 0 aliphatic carbocycles. The van der Waals surface area contributed by atoms with E-state index < -0.39 is 11.1 Å². The lowest BCUT2D eigenvalue weighted by molar-refractivity contribution is -0.105. The van der Waals surface area contributed by atoms with Gasteiger partial charge in [-0.05, 0) is 0 Å². The Morgan fingerprint density at radius 1 is 1.77 bits per heavy atom. The molecule has 13 heavy (non-hydrogen) atoms. The molecule has 1 atom stereocenters. The van der Waals surface area contributed by atoms with Crippen LogP contribution in [0.4, 0.5) is 10.8 Å². The summed E-state index contributed by atoms with van der Waals surface area (Å²) in [4.78, 5) is 13.9. The van der Waals surface area contributed by atoms with Crippen LogP contribution < -0.4 is 11.1 Å². The Hall–Kier alpha value is -0.990. The fraction of sp³-hybridized carbons (Fsp3) is 0.200. The van der Waals surface area contributed by atoms with Gasteiger partial charge in [-0.2, -0.15) is 0 Å². The third kappa shape index (κ3) is 2.76. The summed E-state index contributed by atoms with van der Waals surface area (Å²) in [5.74, 6) is 0.163. The molecule has 0 spiro atoms. The van der Waals surface area contributed by atoms with Crippen molar-refractivity contribution in [1.29, 1.82) is 0 Å². The molecule has 1 rings (SSSR count). The highest BCUT2D eigenvalue weighted by Gasteiger charge is 2.09. The monoisotopic (exact) mass is 221 g/mol. The van der Waals surface area contributed by atoms with Crippen molar-refractivity contribution in [2.75, 3.05) is 11.1 Å². The molecular weight excluding hydrogens is 214 g/mol. The van der Waals surface area contributed by atoms with Crippen LogP contribution in [-0.4, -0.2) is 20.2 Å². The average molecular weight is 221 g/mol. The van der Waals surface area contributed by atoms with Crippen LogP contribution in [0.2, 0.25) is 0 Å². The summed E-state index contributed by atoms with van der Waals surface area (Å²) in [6, 6.07) is 0. The first-order valence-electron chi connectivity index (χ1n) is 3.16. The van der Waals surface area contributed by atoms with Gasteiger partial charge in [0, 0.05) is 0 Å². The van der Waals surface area contributed by atoms with E-state index in [9.17, 15) is 9.00 Å². The highest BCUT2D eigenvalue weighted by Crippen LogP contribution is 2.25. The largest absolute Gasteiger partial charge is 0.387 e. The van der Waals surface area contributed by atoms with Crippen molar-refractivity contribution in [3.8, 4) is 0 Å². The topological polar surface area (TPSA) is 105 Å². The van der Waals surface area contributed by atoms with Crippen molar-refractivity contribution in [3.05, 3.63) is 5.01 Å². The van der Waals surface area contributed by atoms with E-state index >= 15 is 0 Å². The molecule has 1 aromatic rings. The van der Waals surface area contributed by atoms with Crippen LogP contribution in [0.1, 0.15) is 5.01 Å². The van der Waals surface area contributed by atoms with Gasteiger partial charge in [-0.1, -0.05) is 11.3 Å². The van der Waals surface area contributed by atoms with Crippen LogP contribution in [0.5, 0.6) is 0 Å². The Morgan fingerprint density at radius 2 is 2.46 bits per heavy atom. The maximum absolute atomic E-state index is 10.4. The first kappa shape index (κ1) is 10.1. The number of nitrogens with one attached hydrogen (secondary N) is 1. The van der Waals surface area contributed by atoms with Gasteiger partial charge in [-0.3, -0.25) is 4.79 Å². The summed E-state index contributed by atoms with van der Waals surface area (Å²) in [6.07, 6.45) is 0.450. The smallest absolute Gasteiger partial charge is 0.212 e. The molecule has 1 heterocycles. The third-order valence-corrected chi connectivity index (χ3v) is 2.73. The first-order chi connectivity index (χ1) is 6.13. The molecule has 1 unspecified atom stereocenters. The van der Waals surface area contributed by atoms with Gasteiger partial charge in [-0.15, -0.1) is 0 Å². The quantitative estimate of drug-likeness (QED) is 0.491. The van der Waals surface area contributed by atoms with Crippen molar-refractivity contribution in [3.63, 3.8) is 0 Å². The third-order valence-electron chi connectivity index (χ3n) is 1.14. The number of aromatic nitrogens is 1. The van der Waals surface area contributed by atoms with Crippen LogP contribution in [0, 0.1) is 0 Å². The molecule has 8 heteroatoms. The summed E-state index contributed by atoms with van der Waals surface area (Å²) in [6.45, 7) is 0. The SMILES string of the molecule is Nc1sc(CS(=O)O)nc1NC=O. The zero-order valence-corrected chi connectivity index (χ0v) is 8.02. The summed E-state index contributed by atoms with van der Waals surface area (Å²) < 4.78 is 18.9. The molecule has 0 radical (unpaired) electrons. The lowest BCUT2D eigenvalue weighted by Crippen LogP contribution is -1.98. The van der Waals surface area contributed by atoms with E-state index in [1.165, 1.54) is 0 Å². The Bertz CT molecular complexity index is 338. The fourth-order valence-corrected chi connectivity index (χ4v) is 2.11. The van der Waals surface area contributed by atoms with Crippen molar-refractivity contribution >= 4 is 39.6 Å². The van der Waals surface area contributed by atoms with Gasteiger partial charge in [0.05, 0.1) is 0 Å². The Kier molecular flexibility index (Phi) is 3.34. The van der Waals surface area contributed by atoms with E-state index in [2.05, 4.69) is 10.3 Å². The van der Waals surface area contributed by atoms with Gasteiger partial charge in [0.2, 0.25) is 6.41 Å². The summed E-state index contributed by atoms with van der Waals surface area (Å²) in [7, 11) is 0. The molecule has 0 saturated heterocycles. The van der Waals surface area contributed by atoms with Crippen LogP contribution in [0.15, 0.2) is 0 Å². The van der Waals surface area contributed by atoms with Gasteiger partial charge in [0.1, 0.15) is 15.8 Å². The molecule has 0 fully saturated rings. The van der Waals surface area contributed by atoms with E-state index in [0.717, 1.165) is 11.3 Å². The standard InChI is InChI=1S/C5H7N3O3S2/c6-4-5(7-2-9)8-3(12-4)1-13(10)11/h2H,1,6H2,(H,7,9)(H,10,11). The normalized spacial score (nSPS) is 12.4. The average Bonchev–Trinajstić information content (AvgIpc) is 2.31. The van der Waals surface area contributed by atoms with E-state index in [-0.39, 0.29) is 11.6 Å².